The van der Waals surface area contributed by atoms with Crippen LogP contribution >= 0.6 is 7.82 Å². The predicted molar refractivity (Wildman–Crippen MR) is 286 cm³/mol. The molecule has 0 aliphatic carbocycles. The molecule has 2 atom stereocenters. The maximum absolute atomic E-state index is 12.8. The summed E-state index contributed by atoms with van der Waals surface area (Å²) in [6.45, 7) is 5.40. The van der Waals surface area contributed by atoms with Crippen LogP contribution in [0.4, 0.5) is 0 Å². The van der Waals surface area contributed by atoms with Gasteiger partial charge in [0.1, 0.15) is 19.3 Å². The molecule has 0 saturated heterocycles. The van der Waals surface area contributed by atoms with E-state index in [1.54, 1.807) is 0 Å². The van der Waals surface area contributed by atoms with Crippen molar-refractivity contribution in [3.63, 3.8) is 0 Å². The van der Waals surface area contributed by atoms with Crippen LogP contribution in [-0.4, -0.2) is 70.7 Å². The van der Waals surface area contributed by atoms with E-state index in [9.17, 15) is 14.3 Å². The fourth-order valence-electron chi connectivity index (χ4n) is 7.70. The summed E-state index contributed by atoms with van der Waals surface area (Å²) in [5, 5.41) is 0. The molecule has 0 aliphatic rings. The van der Waals surface area contributed by atoms with Crippen molar-refractivity contribution in [3.05, 3.63) is 60.8 Å². The lowest BCUT2D eigenvalue weighted by atomic mass is 10.1. The lowest BCUT2D eigenvalue weighted by Crippen LogP contribution is -2.37. The van der Waals surface area contributed by atoms with Crippen LogP contribution in [0, 0.1) is 0 Å². The van der Waals surface area contributed by atoms with E-state index in [0.29, 0.717) is 24.1 Å². The summed E-state index contributed by atoms with van der Waals surface area (Å²) in [7, 11) is 1.35. The minimum Gasteiger partial charge on any atom is -0.756 e. The van der Waals surface area contributed by atoms with E-state index in [4.69, 9.17) is 18.5 Å². The fraction of sp³-hybridized carbons (Fsp3) is 0.810. The van der Waals surface area contributed by atoms with Gasteiger partial charge >= 0.3 is 5.97 Å². The van der Waals surface area contributed by atoms with Gasteiger partial charge in [-0.2, -0.15) is 0 Å². The zero-order chi connectivity index (χ0) is 49.0. The average molecular weight is 962 g/mol. The van der Waals surface area contributed by atoms with E-state index in [0.717, 1.165) is 57.8 Å². The van der Waals surface area contributed by atoms with Gasteiger partial charge in [0.05, 0.1) is 34.4 Å². The highest BCUT2D eigenvalue weighted by Crippen LogP contribution is 2.38. The first-order valence-electron chi connectivity index (χ1n) is 28.0. The second-order valence-corrected chi connectivity index (χ2v) is 21.3. The van der Waals surface area contributed by atoms with Crippen molar-refractivity contribution in [3.8, 4) is 0 Å². The standard InChI is InChI=1S/C58H108NO7P/c1-6-8-10-12-14-16-18-20-22-24-26-28-30-31-33-35-37-39-41-43-45-47-49-51-58(60)66-57(56-65-67(61,62)64-54-52-59(3,4)5)55-63-53-50-48-46-44-42-40-38-36-34-32-29-27-25-23-21-19-17-15-13-11-9-7-2/h18-21,24-27,30-31,57H,6-17,22-23,28-29,32-56H2,1-5H3/b20-18-,21-19-,26-24-,27-25-,31-30-. The number of unbranched alkanes of at least 4 members (excludes halogenated alkanes) is 28. The molecule has 0 fully saturated rings. The molecule has 0 N–H and O–H groups in total. The van der Waals surface area contributed by atoms with E-state index in [-0.39, 0.29) is 25.8 Å². The maximum atomic E-state index is 12.8. The fourth-order valence-corrected chi connectivity index (χ4v) is 8.43. The third-order valence-corrected chi connectivity index (χ3v) is 13.0. The van der Waals surface area contributed by atoms with Gasteiger partial charge in [-0.1, -0.05) is 216 Å². The Morgan fingerprint density at radius 2 is 0.821 bits per heavy atom. The summed E-state index contributed by atoms with van der Waals surface area (Å²) < 4.78 is 34.8. The van der Waals surface area contributed by atoms with Crippen LogP contribution in [0.25, 0.3) is 0 Å². The zero-order valence-corrected chi connectivity index (χ0v) is 45.5. The molecule has 0 rings (SSSR count). The number of carbonyl (C=O) groups is 1. The molecule has 0 spiro atoms. The van der Waals surface area contributed by atoms with E-state index in [2.05, 4.69) is 74.6 Å². The van der Waals surface area contributed by atoms with Gasteiger partial charge in [-0.25, -0.2) is 0 Å². The predicted octanol–water partition coefficient (Wildman–Crippen LogP) is 17.0. The molecule has 0 heterocycles. The molecule has 0 aromatic carbocycles. The molecular formula is C58H108NO7P. The van der Waals surface area contributed by atoms with Crippen LogP contribution in [0.5, 0.6) is 0 Å². The molecule has 9 heteroatoms. The molecule has 0 radical (unpaired) electrons. The van der Waals surface area contributed by atoms with Gasteiger partial charge in [0.25, 0.3) is 7.82 Å². The summed E-state index contributed by atoms with van der Waals surface area (Å²) in [5.74, 6) is -0.341. The first-order valence-corrected chi connectivity index (χ1v) is 29.5. The molecule has 2 unspecified atom stereocenters. The Morgan fingerprint density at radius 1 is 0.463 bits per heavy atom. The Morgan fingerprint density at radius 3 is 1.22 bits per heavy atom. The molecule has 0 aromatic rings. The smallest absolute Gasteiger partial charge is 0.306 e. The van der Waals surface area contributed by atoms with Gasteiger partial charge in [0.2, 0.25) is 0 Å². The van der Waals surface area contributed by atoms with Crippen LogP contribution in [-0.2, 0) is 27.9 Å². The van der Waals surface area contributed by atoms with Crippen molar-refractivity contribution in [1.82, 2.24) is 0 Å². The zero-order valence-electron chi connectivity index (χ0n) is 44.6. The Balaban J connectivity index is 4.13. The number of hydrogen-bond acceptors (Lipinski definition) is 7. The van der Waals surface area contributed by atoms with Crippen LogP contribution in [0.1, 0.15) is 245 Å². The number of phosphoric ester groups is 1. The van der Waals surface area contributed by atoms with Gasteiger partial charge in [-0.15, -0.1) is 0 Å². The number of likely N-dealkylation sites (N-methyl/N-ethyl adjacent to an activating group) is 1. The van der Waals surface area contributed by atoms with Crippen molar-refractivity contribution in [2.24, 2.45) is 0 Å². The number of rotatable bonds is 52. The van der Waals surface area contributed by atoms with Crippen molar-refractivity contribution < 1.29 is 37.3 Å². The number of hydrogen-bond donors (Lipinski definition) is 0. The van der Waals surface area contributed by atoms with Crippen LogP contribution in [0.2, 0.25) is 0 Å². The third kappa shape index (κ3) is 55.0. The van der Waals surface area contributed by atoms with E-state index in [1.807, 2.05) is 21.1 Å². The number of allylic oxidation sites excluding steroid dienone is 10. The highest BCUT2D eigenvalue weighted by Gasteiger charge is 2.20. The van der Waals surface area contributed by atoms with Crippen LogP contribution in [0.3, 0.4) is 0 Å². The van der Waals surface area contributed by atoms with E-state index in [1.165, 1.54) is 167 Å². The minimum atomic E-state index is -4.54. The molecule has 392 valence electrons. The van der Waals surface area contributed by atoms with Gasteiger partial charge in [-0.3, -0.25) is 9.36 Å². The van der Waals surface area contributed by atoms with Crippen molar-refractivity contribution >= 4 is 13.8 Å². The molecule has 8 nitrogen and oxygen atoms in total. The number of ether oxygens (including phenoxy) is 2. The third-order valence-electron chi connectivity index (χ3n) is 12.0. The molecule has 0 amide bonds. The van der Waals surface area contributed by atoms with Crippen LogP contribution in [0.15, 0.2) is 60.8 Å². The molecule has 0 aliphatic heterocycles. The molecule has 0 saturated carbocycles. The molecule has 0 aromatic heterocycles. The topological polar surface area (TPSA) is 94.1 Å². The van der Waals surface area contributed by atoms with E-state index < -0.39 is 13.9 Å². The Bertz CT molecular complexity index is 1260. The first kappa shape index (κ1) is 65.2. The molecule has 0 bridgehead atoms. The summed E-state index contributed by atoms with van der Waals surface area (Å²) in [5.41, 5.74) is 0. The highest BCUT2D eigenvalue weighted by molar-refractivity contribution is 7.45. The number of esters is 1. The number of nitrogens with zero attached hydrogens (tertiary/aromatic N) is 1. The average Bonchev–Trinajstić information content (AvgIpc) is 3.29. The second kappa shape index (κ2) is 50.6. The number of quaternary nitrogens is 1. The first-order chi connectivity index (χ1) is 32.6. The normalized spacial score (nSPS) is 13.9. The van der Waals surface area contributed by atoms with Crippen molar-refractivity contribution in [2.75, 3.05) is 54.1 Å². The second-order valence-electron chi connectivity index (χ2n) is 19.9. The Hall–Kier alpha value is -1.80. The Kier molecular flexibility index (Phi) is 49.2. The monoisotopic (exact) mass is 962 g/mol. The number of phosphoric acid groups is 1. The van der Waals surface area contributed by atoms with Gasteiger partial charge in [-0.05, 0) is 83.5 Å². The van der Waals surface area contributed by atoms with Gasteiger partial charge < -0.3 is 27.9 Å². The maximum Gasteiger partial charge on any atom is 0.306 e. The number of carbonyl (C=O) groups excluding carboxylic acids is 1. The molecule has 67 heavy (non-hydrogen) atoms. The highest BCUT2D eigenvalue weighted by atomic mass is 31.2. The lowest BCUT2D eigenvalue weighted by molar-refractivity contribution is -0.870. The quantitative estimate of drug-likeness (QED) is 0.0197. The summed E-state index contributed by atoms with van der Waals surface area (Å²) in [6, 6.07) is 0. The lowest BCUT2D eigenvalue weighted by Gasteiger charge is -2.28. The van der Waals surface area contributed by atoms with Gasteiger partial charge in [0, 0.05) is 13.0 Å². The largest absolute Gasteiger partial charge is 0.756 e. The van der Waals surface area contributed by atoms with Crippen molar-refractivity contribution in [2.45, 2.75) is 251 Å². The van der Waals surface area contributed by atoms with Crippen LogP contribution < -0.4 is 4.89 Å². The SMILES string of the molecule is CCCCCCC/C=C\C/C=C\C/C=C\CCCCCCCCCCC(=O)OC(COCCCCCCCCCCCC/C=C\C/C=C\CCCCCCC)COP(=O)([O-])OCC[N+](C)(C)C. The molecular weight excluding hydrogens is 854 g/mol. The minimum absolute atomic E-state index is 0.0220. The van der Waals surface area contributed by atoms with E-state index >= 15 is 0 Å². The Labute approximate surface area is 415 Å². The summed E-state index contributed by atoms with van der Waals surface area (Å²) in [4.78, 5) is 25.2. The van der Waals surface area contributed by atoms with Gasteiger partial charge in [0.15, 0.2) is 0 Å². The summed E-state index contributed by atoms with van der Waals surface area (Å²) >= 11 is 0. The van der Waals surface area contributed by atoms with Crippen molar-refractivity contribution in [1.29, 1.82) is 0 Å². The summed E-state index contributed by atoms with van der Waals surface area (Å²) in [6.07, 6.45) is 65.3.